The Morgan fingerprint density at radius 2 is 2.08 bits per heavy atom. The SMILES string of the molecule is O=S1(=O)CC[C@@H](COCc2ccccn2)C12CN(Cc1cccnc1)C2. The summed E-state index contributed by atoms with van der Waals surface area (Å²) in [6.07, 6.45) is 6.01. The molecule has 138 valence electrons. The summed E-state index contributed by atoms with van der Waals surface area (Å²) in [5.41, 5.74) is 1.98. The average Bonchev–Trinajstić information content (AvgIpc) is 2.88. The van der Waals surface area contributed by atoms with Crippen LogP contribution in [0.1, 0.15) is 17.7 Å². The van der Waals surface area contributed by atoms with E-state index in [1.165, 1.54) is 0 Å². The van der Waals surface area contributed by atoms with Crippen LogP contribution in [0.15, 0.2) is 48.9 Å². The highest BCUT2D eigenvalue weighted by Crippen LogP contribution is 2.45. The molecular formula is C19H23N3O3S. The molecule has 1 atom stereocenters. The van der Waals surface area contributed by atoms with E-state index >= 15 is 0 Å². The molecule has 2 aromatic rings. The van der Waals surface area contributed by atoms with Crippen molar-refractivity contribution >= 4 is 9.84 Å². The minimum atomic E-state index is -3.07. The number of likely N-dealkylation sites (tertiary alicyclic amines) is 1. The van der Waals surface area contributed by atoms with Gasteiger partial charge in [0.05, 0.1) is 24.7 Å². The molecule has 4 heterocycles. The summed E-state index contributed by atoms with van der Waals surface area (Å²) in [4.78, 5) is 10.6. The second kappa shape index (κ2) is 7.06. The van der Waals surface area contributed by atoms with Crippen LogP contribution < -0.4 is 0 Å². The summed E-state index contributed by atoms with van der Waals surface area (Å²) in [6.45, 7) is 2.81. The summed E-state index contributed by atoms with van der Waals surface area (Å²) in [7, 11) is -3.07. The fourth-order valence-electron chi connectivity index (χ4n) is 4.07. The molecule has 0 aliphatic carbocycles. The highest BCUT2D eigenvalue weighted by molar-refractivity contribution is 7.93. The first-order chi connectivity index (χ1) is 12.6. The fraction of sp³-hybridized carbons (Fsp3) is 0.474. The Hall–Kier alpha value is -1.83. The highest BCUT2D eigenvalue weighted by atomic mass is 32.2. The Kier molecular flexibility index (Phi) is 4.77. The number of hydrogen-bond acceptors (Lipinski definition) is 6. The minimum Gasteiger partial charge on any atom is -0.375 e. The Labute approximate surface area is 154 Å². The molecule has 0 saturated carbocycles. The number of sulfone groups is 1. The Morgan fingerprint density at radius 3 is 2.81 bits per heavy atom. The van der Waals surface area contributed by atoms with E-state index in [1.807, 2.05) is 36.5 Å². The maximum Gasteiger partial charge on any atom is 0.158 e. The van der Waals surface area contributed by atoms with Crippen molar-refractivity contribution in [3.63, 3.8) is 0 Å². The third-order valence-corrected chi connectivity index (χ3v) is 8.11. The maximum absolute atomic E-state index is 12.7. The average molecular weight is 373 g/mol. The van der Waals surface area contributed by atoms with Gasteiger partial charge < -0.3 is 4.74 Å². The number of aromatic nitrogens is 2. The van der Waals surface area contributed by atoms with Gasteiger partial charge >= 0.3 is 0 Å². The van der Waals surface area contributed by atoms with Crippen LogP contribution in [0, 0.1) is 5.92 Å². The van der Waals surface area contributed by atoms with Crippen LogP contribution in [-0.4, -0.2) is 53.5 Å². The van der Waals surface area contributed by atoms with Gasteiger partial charge in [-0.3, -0.25) is 14.9 Å². The molecule has 0 bridgehead atoms. The summed E-state index contributed by atoms with van der Waals surface area (Å²) in [5.74, 6) is 0.326. The van der Waals surface area contributed by atoms with Crippen molar-refractivity contribution in [1.82, 2.24) is 14.9 Å². The summed E-state index contributed by atoms with van der Waals surface area (Å²) < 4.78 is 30.6. The normalized spacial score (nSPS) is 23.8. The van der Waals surface area contributed by atoms with Gasteiger partial charge in [-0.1, -0.05) is 12.1 Å². The van der Waals surface area contributed by atoms with Crippen molar-refractivity contribution in [2.75, 3.05) is 25.4 Å². The topological polar surface area (TPSA) is 72.4 Å². The van der Waals surface area contributed by atoms with E-state index in [4.69, 9.17) is 4.74 Å². The van der Waals surface area contributed by atoms with Crippen molar-refractivity contribution in [3.05, 3.63) is 60.2 Å². The molecule has 0 N–H and O–H groups in total. The zero-order valence-corrected chi connectivity index (χ0v) is 15.4. The second-order valence-electron chi connectivity index (χ2n) is 7.21. The van der Waals surface area contributed by atoms with Gasteiger partial charge in [0.2, 0.25) is 0 Å². The molecule has 2 aliphatic rings. The Bertz CT molecular complexity index is 837. The zero-order chi connectivity index (χ0) is 18.0. The molecule has 7 heteroatoms. The molecule has 0 radical (unpaired) electrons. The first kappa shape index (κ1) is 17.6. The third kappa shape index (κ3) is 3.26. The van der Waals surface area contributed by atoms with Gasteiger partial charge in [0.25, 0.3) is 0 Å². The van der Waals surface area contributed by atoms with Gasteiger partial charge in [-0.15, -0.1) is 0 Å². The monoisotopic (exact) mass is 373 g/mol. The van der Waals surface area contributed by atoms with Crippen molar-refractivity contribution < 1.29 is 13.2 Å². The second-order valence-corrected chi connectivity index (χ2v) is 9.66. The van der Waals surface area contributed by atoms with Gasteiger partial charge in [0.15, 0.2) is 9.84 Å². The van der Waals surface area contributed by atoms with Gasteiger partial charge in [0.1, 0.15) is 4.75 Å². The summed E-state index contributed by atoms with van der Waals surface area (Å²) >= 11 is 0. The van der Waals surface area contributed by atoms with Crippen LogP contribution in [0.2, 0.25) is 0 Å². The third-order valence-electron chi connectivity index (χ3n) is 5.51. The van der Waals surface area contributed by atoms with E-state index in [0.29, 0.717) is 32.7 Å². The lowest BCUT2D eigenvalue weighted by Crippen LogP contribution is -2.67. The van der Waals surface area contributed by atoms with Gasteiger partial charge in [0, 0.05) is 44.1 Å². The number of rotatable bonds is 6. The molecule has 4 rings (SSSR count). The molecular weight excluding hydrogens is 350 g/mol. The van der Waals surface area contributed by atoms with E-state index in [9.17, 15) is 8.42 Å². The smallest absolute Gasteiger partial charge is 0.158 e. The molecule has 2 saturated heterocycles. The van der Waals surface area contributed by atoms with Gasteiger partial charge in [-0.2, -0.15) is 0 Å². The van der Waals surface area contributed by atoms with E-state index in [0.717, 1.165) is 17.8 Å². The molecule has 2 aromatic heterocycles. The molecule has 6 nitrogen and oxygen atoms in total. The number of hydrogen-bond donors (Lipinski definition) is 0. The van der Waals surface area contributed by atoms with Crippen LogP contribution in [0.5, 0.6) is 0 Å². The lowest BCUT2D eigenvalue weighted by atomic mass is 9.83. The van der Waals surface area contributed by atoms with Crippen LogP contribution in [0.25, 0.3) is 0 Å². The molecule has 2 fully saturated rings. The van der Waals surface area contributed by atoms with Crippen LogP contribution in [0.3, 0.4) is 0 Å². The minimum absolute atomic E-state index is 0.0568. The lowest BCUT2D eigenvalue weighted by molar-refractivity contribution is 0.0192. The Morgan fingerprint density at radius 1 is 1.19 bits per heavy atom. The quantitative estimate of drug-likeness (QED) is 0.767. The van der Waals surface area contributed by atoms with Crippen LogP contribution in [0.4, 0.5) is 0 Å². The highest BCUT2D eigenvalue weighted by Gasteiger charge is 2.61. The zero-order valence-electron chi connectivity index (χ0n) is 14.6. The van der Waals surface area contributed by atoms with Crippen molar-refractivity contribution in [2.45, 2.75) is 24.3 Å². The molecule has 0 aromatic carbocycles. The predicted molar refractivity (Wildman–Crippen MR) is 98.0 cm³/mol. The van der Waals surface area contributed by atoms with E-state index < -0.39 is 14.6 Å². The van der Waals surface area contributed by atoms with Crippen molar-refractivity contribution in [2.24, 2.45) is 5.92 Å². The molecule has 26 heavy (non-hydrogen) atoms. The maximum atomic E-state index is 12.7. The number of ether oxygens (including phenoxy) is 1. The van der Waals surface area contributed by atoms with Gasteiger partial charge in [-0.25, -0.2) is 8.42 Å². The molecule has 0 unspecified atom stereocenters. The first-order valence-corrected chi connectivity index (χ1v) is 10.6. The van der Waals surface area contributed by atoms with E-state index in [1.54, 1.807) is 12.4 Å². The standard InChI is InChI=1S/C19H23N3O3S/c23-26(24)9-6-17(12-25-13-18-5-1-2-8-21-18)19(26)14-22(15-19)11-16-4-3-7-20-10-16/h1-5,7-8,10,17H,6,9,11-15H2/t17-/m0/s1. The predicted octanol–water partition coefficient (Wildman–Crippen LogP) is 1.68. The first-order valence-electron chi connectivity index (χ1n) is 8.90. The molecule has 1 spiro atoms. The van der Waals surface area contributed by atoms with Crippen molar-refractivity contribution in [3.8, 4) is 0 Å². The lowest BCUT2D eigenvalue weighted by Gasteiger charge is -2.50. The number of pyridine rings is 2. The fourth-order valence-corrected chi connectivity index (χ4v) is 6.52. The van der Waals surface area contributed by atoms with Crippen LogP contribution >= 0.6 is 0 Å². The van der Waals surface area contributed by atoms with E-state index in [-0.39, 0.29) is 11.7 Å². The Balaban J connectivity index is 1.37. The molecule has 2 aliphatic heterocycles. The van der Waals surface area contributed by atoms with Crippen LogP contribution in [-0.2, 0) is 27.7 Å². The van der Waals surface area contributed by atoms with Crippen molar-refractivity contribution in [1.29, 1.82) is 0 Å². The van der Waals surface area contributed by atoms with Gasteiger partial charge in [-0.05, 0) is 30.2 Å². The summed E-state index contributed by atoms with van der Waals surface area (Å²) in [6, 6.07) is 9.64. The van der Waals surface area contributed by atoms with E-state index in [2.05, 4.69) is 14.9 Å². The largest absolute Gasteiger partial charge is 0.375 e. The summed E-state index contributed by atoms with van der Waals surface area (Å²) in [5, 5.41) is 0. The molecule has 0 amide bonds. The number of nitrogens with zero attached hydrogens (tertiary/aromatic N) is 3.